The molecule has 0 saturated heterocycles. The molecule has 100 valence electrons. The number of hydrogen-bond donors (Lipinski definition) is 1. The highest BCUT2D eigenvalue weighted by Crippen LogP contribution is 2.34. The van der Waals surface area contributed by atoms with Crippen molar-refractivity contribution in [2.45, 2.75) is 51.6 Å². The average molecular weight is 250 g/mol. The maximum atomic E-state index is 13.4. The summed E-state index contributed by atoms with van der Waals surface area (Å²) in [6, 6.07) is 5.88. The van der Waals surface area contributed by atoms with Gasteiger partial charge in [0.2, 0.25) is 0 Å². The van der Waals surface area contributed by atoms with Gasteiger partial charge in [0, 0.05) is 24.3 Å². The number of nitrogens with zero attached hydrogens (tertiary/aromatic N) is 1. The third kappa shape index (κ3) is 3.02. The van der Waals surface area contributed by atoms with Crippen molar-refractivity contribution in [1.82, 2.24) is 0 Å². The van der Waals surface area contributed by atoms with E-state index in [2.05, 4.69) is 18.7 Å². The van der Waals surface area contributed by atoms with Gasteiger partial charge in [0.25, 0.3) is 0 Å². The second kappa shape index (κ2) is 5.70. The normalized spacial score (nSPS) is 16.7. The number of anilines is 1. The Labute approximate surface area is 109 Å². The van der Waals surface area contributed by atoms with E-state index in [9.17, 15) is 4.39 Å². The molecule has 18 heavy (non-hydrogen) atoms. The van der Waals surface area contributed by atoms with Crippen molar-refractivity contribution in [3.63, 3.8) is 0 Å². The molecule has 2 rings (SSSR count). The Bertz CT molecular complexity index is 401. The topological polar surface area (TPSA) is 29.3 Å². The SMILES string of the molecule is CCC(N)Cc1cc(F)ccc1N(CC)C1CC1. The molecule has 0 heterocycles. The van der Waals surface area contributed by atoms with E-state index >= 15 is 0 Å². The van der Waals surface area contributed by atoms with Crippen molar-refractivity contribution >= 4 is 5.69 Å². The van der Waals surface area contributed by atoms with E-state index in [1.807, 2.05) is 6.07 Å². The van der Waals surface area contributed by atoms with Gasteiger partial charge in [-0.3, -0.25) is 0 Å². The van der Waals surface area contributed by atoms with Gasteiger partial charge in [0.15, 0.2) is 0 Å². The van der Waals surface area contributed by atoms with Crippen LogP contribution in [0.3, 0.4) is 0 Å². The van der Waals surface area contributed by atoms with Crippen LogP contribution in [0, 0.1) is 5.82 Å². The summed E-state index contributed by atoms with van der Waals surface area (Å²) in [5.41, 5.74) is 8.24. The Morgan fingerprint density at radius 2 is 2.11 bits per heavy atom. The van der Waals surface area contributed by atoms with Gasteiger partial charge in [-0.05, 0) is 56.4 Å². The van der Waals surface area contributed by atoms with Crippen LogP contribution in [0.5, 0.6) is 0 Å². The molecule has 1 aromatic rings. The smallest absolute Gasteiger partial charge is 0.123 e. The lowest BCUT2D eigenvalue weighted by atomic mass is 10.0. The molecule has 1 aliphatic rings. The van der Waals surface area contributed by atoms with Crippen LogP contribution in [0.15, 0.2) is 18.2 Å². The Morgan fingerprint density at radius 3 is 2.67 bits per heavy atom. The molecule has 2 nitrogen and oxygen atoms in total. The quantitative estimate of drug-likeness (QED) is 0.840. The van der Waals surface area contributed by atoms with Crippen LogP contribution in [0.1, 0.15) is 38.7 Å². The molecule has 1 aromatic carbocycles. The highest BCUT2D eigenvalue weighted by atomic mass is 19.1. The molecular weight excluding hydrogens is 227 g/mol. The molecule has 0 aromatic heterocycles. The first-order chi connectivity index (χ1) is 8.65. The predicted octanol–water partition coefficient (Wildman–Crippen LogP) is 3.09. The zero-order chi connectivity index (χ0) is 13.1. The molecule has 1 aliphatic carbocycles. The average Bonchev–Trinajstić information content (AvgIpc) is 3.17. The summed E-state index contributed by atoms with van der Waals surface area (Å²) in [4.78, 5) is 2.39. The molecule has 0 amide bonds. The monoisotopic (exact) mass is 250 g/mol. The lowest BCUT2D eigenvalue weighted by Gasteiger charge is -2.26. The summed E-state index contributed by atoms with van der Waals surface area (Å²) >= 11 is 0. The fourth-order valence-corrected chi connectivity index (χ4v) is 2.44. The molecule has 2 N–H and O–H groups in total. The predicted molar refractivity (Wildman–Crippen MR) is 74.4 cm³/mol. The van der Waals surface area contributed by atoms with Gasteiger partial charge in [-0.1, -0.05) is 6.92 Å². The zero-order valence-electron chi connectivity index (χ0n) is 11.3. The summed E-state index contributed by atoms with van der Waals surface area (Å²) < 4.78 is 13.4. The molecule has 0 bridgehead atoms. The first-order valence-electron chi connectivity index (χ1n) is 6.96. The molecule has 0 aliphatic heterocycles. The summed E-state index contributed by atoms with van der Waals surface area (Å²) in [6.07, 6.45) is 4.19. The molecule has 1 saturated carbocycles. The molecular formula is C15H23FN2. The van der Waals surface area contributed by atoms with Gasteiger partial charge in [0.1, 0.15) is 5.82 Å². The van der Waals surface area contributed by atoms with Gasteiger partial charge >= 0.3 is 0 Å². The molecule has 1 fully saturated rings. The van der Waals surface area contributed by atoms with Gasteiger partial charge in [-0.25, -0.2) is 4.39 Å². The van der Waals surface area contributed by atoms with E-state index in [1.165, 1.54) is 18.5 Å². The Balaban J connectivity index is 2.26. The minimum absolute atomic E-state index is 0.114. The Morgan fingerprint density at radius 1 is 1.39 bits per heavy atom. The van der Waals surface area contributed by atoms with Crippen LogP contribution in [-0.2, 0) is 6.42 Å². The fourth-order valence-electron chi connectivity index (χ4n) is 2.44. The number of nitrogens with two attached hydrogens (primary N) is 1. The highest BCUT2D eigenvalue weighted by Gasteiger charge is 2.29. The van der Waals surface area contributed by atoms with Crippen molar-refractivity contribution < 1.29 is 4.39 Å². The first-order valence-corrected chi connectivity index (χ1v) is 6.96. The minimum atomic E-state index is -0.163. The maximum absolute atomic E-state index is 13.4. The van der Waals surface area contributed by atoms with Crippen molar-refractivity contribution in [2.75, 3.05) is 11.4 Å². The maximum Gasteiger partial charge on any atom is 0.123 e. The van der Waals surface area contributed by atoms with Crippen molar-refractivity contribution in [1.29, 1.82) is 0 Å². The molecule has 3 heteroatoms. The standard InChI is InChI=1S/C15H23FN2/c1-3-13(17)10-11-9-12(16)5-8-15(11)18(4-2)14-6-7-14/h5,8-9,13-14H,3-4,6-7,10,17H2,1-2H3. The molecule has 1 unspecified atom stereocenters. The van der Waals surface area contributed by atoms with E-state index in [0.29, 0.717) is 6.04 Å². The molecule has 0 radical (unpaired) electrons. The van der Waals surface area contributed by atoms with Crippen LogP contribution >= 0.6 is 0 Å². The lowest BCUT2D eigenvalue weighted by molar-refractivity contribution is 0.613. The lowest BCUT2D eigenvalue weighted by Crippen LogP contribution is -2.28. The van der Waals surface area contributed by atoms with Crippen LogP contribution < -0.4 is 10.6 Å². The molecule has 1 atom stereocenters. The van der Waals surface area contributed by atoms with Gasteiger partial charge in [-0.15, -0.1) is 0 Å². The Hall–Kier alpha value is -1.09. The summed E-state index contributed by atoms with van der Waals surface area (Å²) in [5, 5.41) is 0. The number of halogens is 1. The van der Waals surface area contributed by atoms with E-state index in [4.69, 9.17) is 5.73 Å². The van der Waals surface area contributed by atoms with E-state index in [1.54, 1.807) is 12.1 Å². The number of rotatable bonds is 6. The highest BCUT2D eigenvalue weighted by molar-refractivity contribution is 5.55. The van der Waals surface area contributed by atoms with Crippen molar-refractivity contribution in [3.8, 4) is 0 Å². The minimum Gasteiger partial charge on any atom is -0.369 e. The van der Waals surface area contributed by atoms with Crippen LogP contribution in [0.4, 0.5) is 10.1 Å². The first kappa shape index (κ1) is 13.3. The van der Waals surface area contributed by atoms with Gasteiger partial charge in [0.05, 0.1) is 0 Å². The fraction of sp³-hybridized carbons (Fsp3) is 0.600. The number of hydrogen-bond acceptors (Lipinski definition) is 2. The van der Waals surface area contributed by atoms with E-state index in [0.717, 1.165) is 24.9 Å². The summed E-state index contributed by atoms with van der Waals surface area (Å²) in [5.74, 6) is -0.163. The third-order valence-electron chi connectivity index (χ3n) is 3.69. The van der Waals surface area contributed by atoms with E-state index < -0.39 is 0 Å². The van der Waals surface area contributed by atoms with Gasteiger partial charge < -0.3 is 10.6 Å². The van der Waals surface area contributed by atoms with Crippen LogP contribution in [0.25, 0.3) is 0 Å². The van der Waals surface area contributed by atoms with Crippen molar-refractivity contribution in [3.05, 3.63) is 29.6 Å². The van der Waals surface area contributed by atoms with E-state index in [-0.39, 0.29) is 11.9 Å². The Kier molecular flexibility index (Phi) is 4.23. The van der Waals surface area contributed by atoms with Crippen LogP contribution in [0.2, 0.25) is 0 Å². The summed E-state index contributed by atoms with van der Waals surface area (Å²) in [6.45, 7) is 5.21. The zero-order valence-corrected chi connectivity index (χ0v) is 11.3. The summed E-state index contributed by atoms with van der Waals surface area (Å²) in [7, 11) is 0. The molecule has 0 spiro atoms. The third-order valence-corrected chi connectivity index (χ3v) is 3.69. The van der Waals surface area contributed by atoms with Crippen molar-refractivity contribution in [2.24, 2.45) is 5.73 Å². The second-order valence-electron chi connectivity index (χ2n) is 5.16. The van der Waals surface area contributed by atoms with Gasteiger partial charge in [-0.2, -0.15) is 0 Å². The second-order valence-corrected chi connectivity index (χ2v) is 5.16. The largest absolute Gasteiger partial charge is 0.369 e. The van der Waals surface area contributed by atoms with Crippen LogP contribution in [-0.4, -0.2) is 18.6 Å². The number of benzene rings is 1.